The van der Waals surface area contributed by atoms with Crippen LogP contribution in [0, 0.1) is 10.5 Å². The first-order valence-corrected chi connectivity index (χ1v) is 14.0. The number of rotatable bonds is 10. The molecule has 1 aliphatic rings. The maximum atomic E-state index is 13.0. The average Bonchev–Trinajstić information content (AvgIpc) is 3.49. The van der Waals surface area contributed by atoms with Gasteiger partial charge in [0.1, 0.15) is 5.76 Å². The molecular weight excluding hydrogens is 651 g/mol. The Kier molecular flexibility index (Phi) is 9.53. The third-order valence-corrected chi connectivity index (χ3v) is 7.26. The molecule has 1 N–H and O–H groups in total. The van der Waals surface area contributed by atoms with Gasteiger partial charge < -0.3 is 23.9 Å². The Morgan fingerprint density at radius 2 is 1.85 bits per heavy atom. The van der Waals surface area contributed by atoms with E-state index in [1.807, 2.05) is 38.1 Å². The number of nitrogens with zero attached hydrogens (tertiary/aromatic N) is 1. The molecule has 0 unspecified atom stereocenters. The molecule has 0 radical (unpaired) electrons. The van der Waals surface area contributed by atoms with Crippen LogP contribution in [-0.2, 0) is 20.9 Å². The first-order chi connectivity index (χ1) is 19.2. The van der Waals surface area contributed by atoms with Gasteiger partial charge in [-0.25, -0.2) is 4.79 Å². The van der Waals surface area contributed by atoms with E-state index in [0.29, 0.717) is 32.9 Å². The van der Waals surface area contributed by atoms with Crippen LogP contribution in [0.3, 0.4) is 0 Å². The predicted molar refractivity (Wildman–Crippen MR) is 157 cm³/mol. The van der Waals surface area contributed by atoms with Crippen molar-refractivity contribution in [1.29, 1.82) is 0 Å². The number of benzene rings is 2. The summed E-state index contributed by atoms with van der Waals surface area (Å²) in [6, 6.07) is 13.8. The van der Waals surface area contributed by atoms with E-state index >= 15 is 0 Å². The molecule has 4 rings (SSSR count). The number of aryl methyl sites for hydroxylation is 1. The van der Waals surface area contributed by atoms with E-state index in [0.717, 1.165) is 22.2 Å². The highest BCUT2D eigenvalue weighted by Gasteiger charge is 2.36. The Morgan fingerprint density at radius 1 is 1.10 bits per heavy atom. The molecule has 40 heavy (non-hydrogen) atoms. The van der Waals surface area contributed by atoms with E-state index in [2.05, 4.69) is 32.6 Å². The lowest BCUT2D eigenvalue weighted by Crippen LogP contribution is -2.27. The number of anilines is 1. The minimum absolute atomic E-state index is 0.0204. The Morgan fingerprint density at radius 3 is 2.55 bits per heavy atom. The van der Waals surface area contributed by atoms with Gasteiger partial charge in [0.25, 0.3) is 17.1 Å². The fourth-order valence-corrected chi connectivity index (χ4v) is 5.28. The quantitative estimate of drug-likeness (QED) is 0.165. The zero-order valence-electron chi connectivity index (χ0n) is 21.8. The van der Waals surface area contributed by atoms with Crippen molar-refractivity contribution < 1.29 is 37.8 Å². The summed E-state index contributed by atoms with van der Waals surface area (Å²) in [5.41, 5.74) is 2.36. The van der Waals surface area contributed by atoms with Gasteiger partial charge in [-0.05, 0) is 96.2 Å². The predicted octanol–water partition coefficient (Wildman–Crippen LogP) is 5.63. The van der Waals surface area contributed by atoms with Gasteiger partial charge in [-0.15, -0.1) is 0 Å². The first kappa shape index (κ1) is 29.2. The lowest BCUT2D eigenvalue weighted by molar-refractivity contribution is -0.123. The molecule has 2 heterocycles. The number of carbonyl (C=O) groups is 4. The highest BCUT2D eigenvalue weighted by Crippen LogP contribution is 2.38. The summed E-state index contributed by atoms with van der Waals surface area (Å²) >= 11 is 2.86. The third kappa shape index (κ3) is 7.04. The molecule has 1 aromatic heterocycles. The molecule has 1 saturated heterocycles. The number of carbonyl (C=O) groups excluding carboxylic acids is 4. The summed E-state index contributed by atoms with van der Waals surface area (Å²) < 4.78 is 22.2. The number of amides is 3. The van der Waals surface area contributed by atoms with Gasteiger partial charge in [0.2, 0.25) is 5.76 Å². The Balaban J connectivity index is 1.47. The van der Waals surface area contributed by atoms with Crippen molar-refractivity contribution in [3.8, 4) is 11.5 Å². The zero-order valence-corrected chi connectivity index (χ0v) is 24.8. The molecule has 1 fully saturated rings. The maximum Gasteiger partial charge on any atom is 0.373 e. The van der Waals surface area contributed by atoms with Gasteiger partial charge in [-0.3, -0.25) is 19.3 Å². The number of esters is 1. The Labute approximate surface area is 248 Å². The molecule has 3 aromatic rings. The number of hydrogen-bond donors (Lipinski definition) is 1. The number of imide groups is 1. The van der Waals surface area contributed by atoms with Crippen LogP contribution in [0.15, 0.2) is 57.9 Å². The smallest absolute Gasteiger partial charge is 0.373 e. The summed E-state index contributed by atoms with van der Waals surface area (Å²) in [7, 11) is 1.23. The van der Waals surface area contributed by atoms with Gasteiger partial charge in [-0.1, -0.05) is 17.7 Å². The molecule has 3 amide bonds. The molecule has 1 aliphatic heterocycles. The molecule has 0 atom stereocenters. The van der Waals surface area contributed by atoms with E-state index < -0.39 is 17.1 Å². The van der Waals surface area contributed by atoms with Crippen molar-refractivity contribution in [3.63, 3.8) is 0 Å². The standard InChI is InChI=1S/C28H25IN2O8S/c1-4-37-22-12-17(11-20(29)25(22)38-15-24(32)30-18-7-5-16(2)6-8-18)13-23-26(33)31(28(35)40-23)14-19-9-10-21(39-19)27(34)36-3/h5-13H,4,14-15H2,1-3H3,(H,30,32)/b23-13+. The van der Waals surface area contributed by atoms with Crippen LogP contribution in [0.25, 0.3) is 6.08 Å². The third-order valence-electron chi connectivity index (χ3n) is 5.55. The van der Waals surface area contributed by atoms with Crippen LogP contribution in [0.1, 0.15) is 34.4 Å². The van der Waals surface area contributed by atoms with Crippen LogP contribution >= 0.6 is 34.4 Å². The van der Waals surface area contributed by atoms with Gasteiger partial charge in [0.15, 0.2) is 18.1 Å². The minimum Gasteiger partial charge on any atom is -0.490 e. The molecule has 0 bridgehead atoms. The number of nitrogens with one attached hydrogen (secondary N) is 1. The van der Waals surface area contributed by atoms with Crippen LogP contribution in [-0.4, -0.2) is 48.2 Å². The summed E-state index contributed by atoms with van der Waals surface area (Å²) in [4.78, 5) is 50.9. The van der Waals surface area contributed by atoms with Gasteiger partial charge in [-0.2, -0.15) is 0 Å². The Bertz CT molecular complexity index is 1480. The molecule has 0 saturated carbocycles. The van der Waals surface area contributed by atoms with Crippen LogP contribution in [0.5, 0.6) is 11.5 Å². The van der Waals surface area contributed by atoms with Crippen molar-refractivity contribution in [2.45, 2.75) is 20.4 Å². The lowest BCUT2D eigenvalue weighted by Gasteiger charge is -2.15. The molecule has 208 valence electrons. The van der Waals surface area contributed by atoms with Gasteiger partial charge in [0, 0.05) is 5.69 Å². The van der Waals surface area contributed by atoms with E-state index in [9.17, 15) is 19.2 Å². The SMILES string of the molecule is CCOc1cc(/C=C2/SC(=O)N(Cc3ccc(C(=O)OC)o3)C2=O)cc(I)c1OCC(=O)Nc1ccc(C)cc1. The fourth-order valence-electron chi connectivity index (χ4n) is 3.66. The van der Waals surface area contributed by atoms with Crippen molar-refractivity contribution >= 4 is 69.1 Å². The highest BCUT2D eigenvalue weighted by atomic mass is 127. The van der Waals surface area contributed by atoms with Crippen LogP contribution in [0.2, 0.25) is 0 Å². The topological polar surface area (TPSA) is 124 Å². The summed E-state index contributed by atoms with van der Waals surface area (Å²) in [6.07, 6.45) is 1.59. The second kappa shape index (κ2) is 13.0. The monoisotopic (exact) mass is 676 g/mol. The molecular formula is C28H25IN2O8S. The first-order valence-electron chi connectivity index (χ1n) is 12.1. The molecule has 12 heteroatoms. The number of furan rings is 1. The fraction of sp³-hybridized carbons (Fsp3) is 0.214. The van der Waals surface area contributed by atoms with Crippen molar-refractivity contribution in [2.24, 2.45) is 0 Å². The summed E-state index contributed by atoms with van der Waals surface area (Å²) in [6.45, 7) is 3.77. The second-order valence-electron chi connectivity index (χ2n) is 8.49. The number of thioether (sulfide) groups is 1. The van der Waals surface area contributed by atoms with E-state index in [4.69, 9.17) is 13.9 Å². The number of hydrogen-bond acceptors (Lipinski definition) is 9. The summed E-state index contributed by atoms with van der Waals surface area (Å²) in [5.74, 6) is -0.431. The van der Waals surface area contributed by atoms with Gasteiger partial charge >= 0.3 is 5.97 Å². The largest absolute Gasteiger partial charge is 0.490 e. The van der Waals surface area contributed by atoms with E-state index in [-0.39, 0.29) is 35.5 Å². The molecule has 2 aromatic carbocycles. The highest BCUT2D eigenvalue weighted by molar-refractivity contribution is 14.1. The van der Waals surface area contributed by atoms with Gasteiger partial charge in [0.05, 0.1) is 28.7 Å². The molecule has 0 spiro atoms. The lowest BCUT2D eigenvalue weighted by atomic mass is 10.2. The zero-order chi connectivity index (χ0) is 28.8. The summed E-state index contributed by atoms with van der Waals surface area (Å²) in [5, 5.41) is 2.32. The van der Waals surface area contributed by atoms with E-state index in [1.54, 1.807) is 18.2 Å². The average molecular weight is 676 g/mol. The van der Waals surface area contributed by atoms with Crippen LogP contribution < -0.4 is 14.8 Å². The van der Waals surface area contributed by atoms with Crippen molar-refractivity contribution in [2.75, 3.05) is 25.6 Å². The second-order valence-corrected chi connectivity index (χ2v) is 10.6. The van der Waals surface area contributed by atoms with Crippen molar-refractivity contribution in [1.82, 2.24) is 4.90 Å². The maximum absolute atomic E-state index is 13.0. The number of ether oxygens (including phenoxy) is 3. The Hall–Kier alpha value is -3.78. The molecule has 10 nitrogen and oxygen atoms in total. The van der Waals surface area contributed by atoms with Crippen molar-refractivity contribution in [3.05, 3.63) is 79.7 Å². The molecule has 0 aliphatic carbocycles. The minimum atomic E-state index is -0.653. The van der Waals surface area contributed by atoms with E-state index in [1.165, 1.54) is 19.2 Å². The normalized spacial score (nSPS) is 14.0. The van der Waals surface area contributed by atoms with Crippen LogP contribution in [0.4, 0.5) is 10.5 Å². The number of halogens is 1. The number of methoxy groups -OCH3 is 1.